The van der Waals surface area contributed by atoms with Crippen LogP contribution in [0.1, 0.15) is 25.6 Å². The number of aliphatic hydroxyl groups excluding tert-OH is 1. The molecule has 1 rings (SSSR count). The Balaban J connectivity index is 2.50. The van der Waals surface area contributed by atoms with Crippen molar-refractivity contribution in [2.24, 2.45) is 0 Å². The van der Waals surface area contributed by atoms with Gasteiger partial charge in [-0.15, -0.1) is 0 Å². The molecule has 1 amide bonds. The Labute approximate surface area is 117 Å². The lowest BCUT2D eigenvalue weighted by Gasteiger charge is -2.18. The van der Waals surface area contributed by atoms with Gasteiger partial charge in [0.05, 0.1) is 6.10 Å². The second-order valence-corrected chi connectivity index (χ2v) is 4.80. The molecule has 1 aromatic heterocycles. The van der Waals surface area contributed by atoms with E-state index in [1.807, 2.05) is 0 Å². The predicted molar refractivity (Wildman–Crippen MR) is 72.2 cm³/mol. The SMILES string of the molecule is Cc1nc([N+](=O)[O-])cn1CCC(=O)N(C)CCC(C)O. The number of aryl methyl sites for hydroxylation is 2. The summed E-state index contributed by atoms with van der Waals surface area (Å²) >= 11 is 0. The van der Waals surface area contributed by atoms with Crippen molar-refractivity contribution >= 4 is 11.7 Å². The number of hydrogen-bond donors (Lipinski definition) is 1. The fourth-order valence-electron chi connectivity index (χ4n) is 1.72. The van der Waals surface area contributed by atoms with E-state index in [0.29, 0.717) is 25.3 Å². The third-order valence-corrected chi connectivity index (χ3v) is 3.02. The number of carbonyl (C=O) groups excluding carboxylic acids is 1. The molecule has 8 nitrogen and oxygen atoms in total. The Morgan fingerprint density at radius 3 is 2.80 bits per heavy atom. The van der Waals surface area contributed by atoms with Crippen molar-refractivity contribution in [1.29, 1.82) is 0 Å². The number of rotatable bonds is 7. The summed E-state index contributed by atoms with van der Waals surface area (Å²) in [6, 6.07) is 0. The van der Waals surface area contributed by atoms with Crippen molar-refractivity contribution in [2.45, 2.75) is 39.3 Å². The highest BCUT2D eigenvalue weighted by Gasteiger charge is 2.16. The van der Waals surface area contributed by atoms with Crippen LogP contribution in [-0.2, 0) is 11.3 Å². The Hall–Kier alpha value is -1.96. The van der Waals surface area contributed by atoms with Crippen molar-refractivity contribution in [2.75, 3.05) is 13.6 Å². The number of carbonyl (C=O) groups is 1. The van der Waals surface area contributed by atoms with Crippen molar-refractivity contribution in [3.63, 3.8) is 0 Å². The van der Waals surface area contributed by atoms with Gasteiger partial charge >= 0.3 is 5.82 Å². The maximum atomic E-state index is 11.9. The van der Waals surface area contributed by atoms with E-state index >= 15 is 0 Å². The summed E-state index contributed by atoms with van der Waals surface area (Å²) in [5.74, 6) is 0.231. The number of aliphatic hydroxyl groups is 1. The van der Waals surface area contributed by atoms with Gasteiger partial charge < -0.3 is 24.7 Å². The van der Waals surface area contributed by atoms with Gasteiger partial charge in [-0.05, 0) is 23.3 Å². The quantitative estimate of drug-likeness (QED) is 0.587. The largest absolute Gasteiger partial charge is 0.393 e. The Morgan fingerprint density at radius 2 is 2.30 bits per heavy atom. The summed E-state index contributed by atoms with van der Waals surface area (Å²) < 4.78 is 1.60. The van der Waals surface area contributed by atoms with Crippen LogP contribution in [-0.4, -0.2) is 50.1 Å². The number of hydrogen-bond acceptors (Lipinski definition) is 5. The first-order valence-corrected chi connectivity index (χ1v) is 6.41. The molecule has 0 aromatic carbocycles. The number of aromatic nitrogens is 2. The average molecular weight is 284 g/mol. The van der Waals surface area contributed by atoms with E-state index in [-0.39, 0.29) is 18.1 Å². The third kappa shape index (κ3) is 4.61. The van der Waals surface area contributed by atoms with E-state index in [1.165, 1.54) is 6.20 Å². The van der Waals surface area contributed by atoms with Gasteiger partial charge in [0.25, 0.3) is 0 Å². The lowest BCUT2D eigenvalue weighted by molar-refractivity contribution is -0.389. The number of imidazole rings is 1. The Kier molecular flexibility index (Phi) is 5.63. The van der Waals surface area contributed by atoms with E-state index in [1.54, 1.807) is 30.4 Å². The van der Waals surface area contributed by atoms with Crippen molar-refractivity contribution < 1.29 is 14.8 Å². The summed E-state index contributed by atoms with van der Waals surface area (Å²) in [4.78, 5) is 27.2. The van der Waals surface area contributed by atoms with Gasteiger partial charge in [0.2, 0.25) is 11.7 Å². The first kappa shape index (κ1) is 16.1. The van der Waals surface area contributed by atoms with Gasteiger partial charge in [-0.2, -0.15) is 0 Å². The molecule has 1 unspecified atom stereocenters. The van der Waals surface area contributed by atoms with E-state index in [9.17, 15) is 14.9 Å². The van der Waals surface area contributed by atoms with Crippen LogP contribution in [0.25, 0.3) is 0 Å². The molecule has 0 saturated carbocycles. The molecule has 1 aromatic rings. The predicted octanol–water partition coefficient (Wildman–Crippen LogP) is 0.719. The Bertz CT molecular complexity index is 484. The van der Waals surface area contributed by atoms with Gasteiger partial charge in [-0.25, -0.2) is 0 Å². The van der Waals surface area contributed by atoms with Crippen molar-refractivity contribution in [3.05, 3.63) is 22.1 Å². The molecule has 1 heterocycles. The maximum absolute atomic E-state index is 11.9. The topological polar surface area (TPSA) is 102 Å². The van der Waals surface area contributed by atoms with Crippen LogP contribution in [0.3, 0.4) is 0 Å². The molecular weight excluding hydrogens is 264 g/mol. The van der Waals surface area contributed by atoms with Crippen molar-refractivity contribution in [1.82, 2.24) is 14.5 Å². The second kappa shape index (κ2) is 6.99. The monoisotopic (exact) mass is 284 g/mol. The Morgan fingerprint density at radius 1 is 1.65 bits per heavy atom. The average Bonchev–Trinajstić information content (AvgIpc) is 2.74. The first-order valence-electron chi connectivity index (χ1n) is 6.41. The normalized spacial score (nSPS) is 12.2. The molecule has 20 heavy (non-hydrogen) atoms. The molecule has 0 spiro atoms. The first-order chi connectivity index (χ1) is 9.31. The molecule has 0 aliphatic carbocycles. The van der Waals surface area contributed by atoms with Crippen LogP contribution in [0, 0.1) is 17.0 Å². The van der Waals surface area contributed by atoms with Crippen LogP contribution < -0.4 is 0 Å². The summed E-state index contributed by atoms with van der Waals surface area (Å²) in [5, 5.41) is 19.8. The van der Waals surface area contributed by atoms with E-state index in [4.69, 9.17) is 5.11 Å². The van der Waals surface area contributed by atoms with Crippen LogP contribution in [0.2, 0.25) is 0 Å². The second-order valence-electron chi connectivity index (χ2n) is 4.80. The molecule has 112 valence electrons. The minimum absolute atomic E-state index is 0.0681. The van der Waals surface area contributed by atoms with Crippen LogP contribution in [0.5, 0.6) is 0 Å². The highest BCUT2D eigenvalue weighted by atomic mass is 16.6. The molecule has 0 radical (unpaired) electrons. The van der Waals surface area contributed by atoms with E-state index in [2.05, 4.69) is 4.98 Å². The fraction of sp³-hybridized carbons (Fsp3) is 0.667. The molecule has 0 fully saturated rings. The maximum Gasteiger partial charge on any atom is 0.381 e. The van der Waals surface area contributed by atoms with Crippen molar-refractivity contribution in [3.8, 4) is 0 Å². The molecule has 0 bridgehead atoms. The lowest BCUT2D eigenvalue weighted by atomic mass is 10.2. The summed E-state index contributed by atoms with van der Waals surface area (Å²) in [6.07, 6.45) is 1.66. The number of amides is 1. The molecule has 0 aliphatic rings. The van der Waals surface area contributed by atoms with E-state index < -0.39 is 11.0 Å². The van der Waals surface area contributed by atoms with Gasteiger partial charge in [0.15, 0.2) is 0 Å². The summed E-state index contributed by atoms with van der Waals surface area (Å²) in [5.41, 5.74) is 0. The fourth-order valence-corrected chi connectivity index (χ4v) is 1.72. The zero-order valence-electron chi connectivity index (χ0n) is 11.9. The molecule has 0 aliphatic heterocycles. The molecular formula is C12H20N4O4. The zero-order chi connectivity index (χ0) is 15.3. The molecule has 0 saturated heterocycles. The smallest absolute Gasteiger partial charge is 0.381 e. The highest BCUT2D eigenvalue weighted by molar-refractivity contribution is 5.75. The van der Waals surface area contributed by atoms with Gasteiger partial charge in [0, 0.05) is 33.5 Å². The van der Waals surface area contributed by atoms with Crippen LogP contribution in [0.4, 0.5) is 5.82 Å². The third-order valence-electron chi connectivity index (χ3n) is 3.02. The minimum atomic E-state index is -0.555. The van der Waals surface area contributed by atoms with Gasteiger partial charge in [-0.1, -0.05) is 0 Å². The van der Waals surface area contributed by atoms with Gasteiger partial charge in [-0.3, -0.25) is 4.79 Å². The zero-order valence-corrected chi connectivity index (χ0v) is 11.9. The summed E-state index contributed by atoms with van der Waals surface area (Å²) in [6.45, 7) is 4.17. The lowest BCUT2D eigenvalue weighted by Crippen LogP contribution is -2.30. The number of nitro groups is 1. The van der Waals surface area contributed by atoms with Gasteiger partial charge in [0.1, 0.15) is 6.20 Å². The molecule has 1 atom stereocenters. The highest BCUT2D eigenvalue weighted by Crippen LogP contribution is 2.11. The molecule has 1 N–H and O–H groups in total. The number of nitrogens with zero attached hydrogens (tertiary/aromatic N) is 4. The minimum Gasteiger partial charge on any atom is -0.393 e. The van der Waals surface area contributed by atoms with Crippen LogP contribution >= 0.6 is 0 Å². The van der Waals surface area contributed by atoms with Crippen LogP contribution in [0.15, 0.2) is 6.20 Å². The molecule has 8 heteroatoms. The van der Waals surface area contributed by atoms with E-state index in [0.717, 1.165) is 0 Å². The standard InChI is InChI=1S/C12H20N4O4/c1-9(17)4-6-14(3)12(18)5-7-15-8-11(16(19)20)13-10(15)2/h8-9,17H,4-7H2,1-3H3. The summed E-state index contributed by atoms with van der Waals surface area (Å²) in [7, 11) is 1.67.